The van der Waals surface area contributed by atoms with Crippen molar-refractivity contribution in [1.82, 2.24) is 0 Å². The molecule has 0 aliphatic heterocycles. The number of rotatable bonds is 4. The highest BCUT2D eigenvalue weighted by Crippen LogP contribution is 2.42. The van der Waals surface area contributed by atoms with Gasteiger partial charge >= 0.3 is 0 Å². The summed E-state index contributed by atoms with van der Waals surface area (Å²) in [6.07, 6.45) is 1.74. The smallest absolute Gasteiger partial charge is 0.104 e. The summed E-state index contributed by atoms with van der Waals surface area (Å²) in [6, 6.07) is 38.3. The van der Waals surface area contributed by atoms with Crippen LogP contribution in [0.2, 0.25) is 5.02 Å². The highest BCUT2D eigenvalue weighted by molar-refractivity contribution is 6.32. The molecule has 0 N–H and O–H groups in total. The minimum Gasteiger partial charge on any atom is -0.104 e. The van der Waals surface area contributed by atoms with Gasteiger partial charge in [0.05, 0.1) is 0 Å². The van der Waals surface area contributed by atoms with E-state index in [-0.39, 0.29) is 0 Å². The molecule has 0 atom stereocenters. The summed E-state index contributed by atoms with van der Waals surface area (Å²) in [6.45, 7) is 3.61. The molecule has 0 fully saturated rings. The lowest BCUT2D eigenvalue weighted by Gasteiger charge is -2.29. The van der Waals surface area contributed by atoms with E-state index < -0.39 is 4.87 Å². The molecular weight excluding hydrogens is 395 g/mol. The average Bonchev–Trinajstić information content (AvgIpc) is 2.81. The molecule has 4 rings (SSSR count). The normalized spacial score (nSPS) is 10.6. The molecule has 0 heterocycles. The summed E-state index contributed by atoms with van der Waals surface area (Å²) in [5.74, 6) is 0. The van der Waals surface area contributed by atoms with Crippen LogP contribution in [0.25, 0.3) is 6.08 Å². The zero-order valence-corrected chi connectivity index (χ0v) is 17.5. The zero-order chi connectivity index (χ0) is 20.5. The van der Waals surface area contributed by atoms with E-state index in [1.54, 1.807) is 6.08 Å². The van der Waals surface area contributed by atoms with E-state index in [1.807, 2.05) is 78.9 Å². The molecule has 0 spiro atoms. The van der Waals surface area contributed by atoms with Crippen LogP contribution >= 0.6 is 23.2 Å². The van der Waals surface area contributed by atoms with Gasteiger partial charge in [0.1, 0.15) is 4.87 Å². The first-order valence-electron chi connectivity index (χ1n) is 9.38. The second-order valence-electron chi connectivity index (χ2n) is 6.48. The molecule has 4 aromatic carbocycles. The topological polar surface area (TPSA) is 0 Å². The van der Waals surface area contributed by atoms with Crippen LogP contribution < -0.4 is 0 Å². The van der Waals surface area contributed by atoms with Gasteiger partial charge < -0.3 is 0 Å². The van der Waals surface area contributed by atoms with Gasteiger partial charge in [-0.2, -0.15) is 0 Å². The first kappa shape index (κ1) is 20.9. The third-order valence-electron chi connectivity index (χ3n) is 4.64. The maximum Gasteiger partial charge on any atom is 0.119 e. The Labute approximate surface area is 183 Å². The Morgan fingerprint density at radius 2 is 0.897 bits per heavy atom. The summed E-state index contributed by atoms with van der Waals surface area (Å²) in [5, 5.41) is 0.757. The van der Waals surface area contributed by atoms with Crippen molar-refractivity contribution in [2.75, 3.05) is 0 Å². The minimum atomic E-state index is -0.649. The molecule has 4 aromatic rings. The molecule has 0 bridgehead atoms. The number of alkyl halides is 1. The van der Waals surface area contributed by atoms with Crippen LogP contribution in [-0.4, -0.2) is 0 Å². The van der Waals surface area contributed by atoms with Gasteiger partial charge in [0, 0.05) is 5.02 Å². The third kappa shape index (κ3) is 4.98. The second-order valence-corrected chi connectivity index (χ2v) is 7.46. The SMILES string of the molecule is C=Cc1ccccc1Cl.ClC(c1ccccc1)(c1ccccc1)c1ccccc1. The second kappa shape index (κ2) is 10.1. The first-order chi connectivity index (χ1) is 14.2. The van der Waals surface area contributed by atoms with Gasteiger partial charge in [-0.1, -0.05) is 133 Å². The highest BCUT2D eigenvalue weighted by atomic mass is 35.5. The molecule has 0 saturated carbocycles. The highest BCUT2D eigenvalue weighted by Gasteiger charge is 2.33. The average molecular weight is 417 g/mol. The summed E-state index contributed by atoms with van der Waals surface area (Å²) in [4.78, 5) is -0.649. The molecule has 0 nitrogen and oxygen atoms in total. The van der Waals surface area contributed by atoms with Crippen molar-refractivity contribution in [3.05, 3.63) is 149 Å². The van der Waals surface area contributed by atoms with Crippen LogP contribution in [0.1, 0.15) is 22.3 Å². The summed E-state index contributed by atoms with van der Waals surface area (Å²) in [5.41, 5.74) is 4.23. The Bertz CT molecular complexity index is 929. The van der Waals surface area contributed by atoms with E-state index in [1.165, 1.54) is 0 Å². The lowest BCUT2D eigenvalue weighted by Crippen LogP contribution is -2.22. The van der Waals surface area contributed by atoms with Gasteiger partial charge in [-0.15, -0.1) is 11.6 Å². The fourth-order valence-corrected chi connectivity index (χ4v) is 3.73. The molecule has 2 heteroatoms. The molecule has 0 amide bonds. The quantitative estimate of drug-likeness (QED) is 0.232. The van der Waals surface area contributed by atoms with Crippen LogP contribution in [-0.2, 0) is 4.87 Å². The van der Waals surface area contributed by atoms with Gasteiger partial charge in [-0.3, -0.25) is 0 Å². The molecule has 0 aliphatic carbocycles. The molecule has 0 radical (unpaired) electrons. The zero-order valence-electron chi connectivity index (χ0n) is 16.0. The van der Waals surface area contributed by atoms with Crippen LogP contribution in [0.15, 0.2) is 122 Å². The number of hydrogen-bond donors (Lipinski definition) is 0. The maximum absolute atomic E-state index is 7.12. The van der Waals surface area contributed by atoms with Gasteiger partial charge in [-0.05, 0) is 28.3 Å². The number of halogens is 2. The Balaban J connectivity index is 0.000000224. The van der Waals surface area contributed by atoms with Crippen LogP contribution in [0.3, 0.4) is 0 Å². The molecule has 0 unspecified atom stereocenters. The van der Waals surface area contributed by atoms with Gasteiger partial charge in [0.25, 0.3) is 0 Å². The molecule has 0 aromatic heterocycles. The molecule has 144 valence electrons. The monoisotopic (exact) mass is 416 g/mol. The molecule has 0 aliphatic rings. The van der Waals surface area contributed by atoms with E-state index in [0.29, 0.717) is 0 Å². The fourth-order valence-electron chi connectivity index (χ4n) is 3.14. The largest absolute Gasteiger partial charge is 0.119 e. The lowest BCUT2D eigenvalue weighted by atomic mass is 9.84. The predicted molar refractivity (Wildman–Crippen MR) is 127 cm³/mol. The van der Waals surface area contributed by atoms with Gasteiger partial charge in [-0.25, -0.2) is 0 Å². The summed E-state index contributed by atoms with van der Waals surface area (Å²) >= 11 is 12.9. The van der Waals surface area contributed by atoms with E-state index >= 15 is 0 Å². The van der Waals surface area contributed by atoms with Crippen LogP contribution in [0.5, 0.6) is 0 Å². The van der Waals surface area contributed by atoms with E-state index in [4.69, 9.17) is 23.2 Å². The Kier molecular flexibility index (Phi) is 7.30. The summed E-state index contributed by atoms with van der Waals surface area (Å²) < 4.78 is 0. The molecule has 29 heavy (non-hydrogen) atoms. The van der Waals surface area contributed by atoms with Crippen molar-refractivity contribution in [3.63, 3.8) is 0 Å². The Hall–Kier alpha value is -2.80. The maximum atomic E-state index is 7.12. The molecule has 0 saturated heterocycles. The minimum absolute atomic E-state index is 0.649. The van der Waals surface area contributed by atoms with Crippen molar-refractivity contribution in [1.29, 1.82) is 0 Å². The van der Waals surface area contributed by atoms with Crippen molar-refractivity contribution >= 4 is 29.3 Å². The van der Waals surface area contributed by atoms with Crippen molar-refractivity contribution in [2.24, 2.45) is 0 Å². The standard InChI is InChI=1S/C19H15Cl.C8H7Cl/c20-19(16-10-4-1-5-11-16,17-12-6-2-7-13-17)18-14-8-3-9-15-18;1-2-7-5-3-4-6-8(7)9/h1-15H;2-6H,1H2. The Morgan fingerprint density at radius 3 is 1.21 bits per heavy atom. The van der Waals surface area contributed by atoms with E-state index in [9.17, 15) is 0 Å². The Morgan fingerprint density at radius 1 is 0.552 bits per heavy atom. The first-order valence-corrected chi connectivity index (χ1v) is 10.1. The molecular formula is C27H22Cl2. The number of benzene rings is 4. The van der Waals surface area contributed by atoms with E-state index in [2.05, 4.69) is 43.0 Å². The van der Waals surface area contributed by atoms with Crippen LogP contribution in [0.4, 0.5) is 0 Å². The van der Waals surface area contributed by atoms with Gasteiger partial charge in [0.15, 0.2) is 0 Å². The lowest BCUT2D eigenvalue weighted by molar-refractivity contribution is 0.879. The van der Waals surface area contributed by atoms with Gasteiger partial charge in [0.2, 0.25) is 0 Å². The van der Waals surface area contributed by atoms with Crippen molar-refractivity contribution < 1.29 is 0 Å². The predicted octanol–water partition coefficient (Wildman–Crippen LogP) is 8.20. The number of hydrogen-bond acceptors (Lipinski definition) is 0. The van der Waals surface area contributed by atoms with Crippen LogP contribution in [0, 0.1) is 0 Å². The van der Waals surface area contributed by atoms with Crippen molar-refractivity contribution in [3.8, 4) is 0 Å². The summed E-state index contributed by atoms with van der Waals surface area (Å²) in [7, 11) is 0. The fraction of sp³-hybridized carbons (Fsp3) is 0.0370. The van der Waals surface area contributed by atoms with E-state index in [0.717, 1.165) is 27.3 Å². The third-order valence-corrected chi connectivity index (χ3v) is 5.64. The van der Waals surface area contributed by atoms with Crippen molar-refractivity contribution in [2.45, 2.75) is 4.87 Å².